The number of hydrogen-bond donors (Lipinski definition) is 1. The Labute approximate surface area is 153 Å². The number of carbonyl (C=O) groups is 2. The summed E-state index contributed by atoms with van der Waals surface area (Å²) in [6.07, 6.45) is 4.12. The molecule has 1 aromatic heterocycles. The van der Waals surface area contributed by atoms with Crippen molar-refractivity contribution in [1.82, 2.24) is 9.88 Å². The van der Waals surface area contributed by atoms with E-state index in [-0.39, 0.29) is 11.6 Å². The van der Waals surface area contributed by atoms with Crippen molar-refractivity contribution < 1.29 is 9.59 Å². The zero-order valence-corrected chi connectivity index (χ0v) is 15.5. The number of allylic oxidation sites excluding steroid dienone is 1. The molecule has 0 saturated carbocycles. The Kier molecular flexibility index (Phi) is 5.33. The SMILES string of the molecule is CC=CCNCCn1c2ccc(C(C)=O)cc2c2cc(C(C)=O)ccc21. The van der Waals surface area contributed by atoms with Gasteiger partial charge in [0.1, 0.15) is 0 Å². The van der Waals surface area contributed by atoms with Crippen LogP contribution < -0.4 is 5.32 Å². The molecule has 0 aliphatic rings. The quantitative estimate of drug-likeness (QED) is 0.392. The number of nitrogens with one attached hydrogen (secondary N) is 1. The van der Waals surface area contributed by atoms with Gasteiger partial charge in [0.25, 0.3) is 0 Å². The molecule has 0 atom stereocenters. The van der Waals surface area contributed by atoms with Crippen molar-refractivity contribution in [2.75, 3.05) is 13.1 Å². The lowest BCUT2D eigenvalue weighted by Gasteiger charge is -2.08. The molecule has 134 valence electrons. The van der Waals surface area contributed by atoms with Crippen LogP contribution in [0.25, 0.3) is 21.8 Å². The van der Waals surface area contributed by atoms with Crippen LogP contribution in [0, 0.1) is 0 Å². The summed E-state index contributed by atoms with van der Waals surface area (Å²) in [6.45, 7) is 7.66. The number of ketones is 2. The van der Waals surface area contributed by atoms with Crippen molar-refractivity contribution in [3.05, 3.63) is 59.7 Å². The van der Waals surface area contributed by atoms with Gasteiger partial charge in [0.05, 0.1) is 0 Å². The van der Waals surface area contributed by atoms with Gasteiger partial charge in [-0.3, -0.25) is 9.59 Å². The highest BCUT2D eigenvalue weighted by molar-refractivity contribution is 6.12. The average Bonchev–Trinajstić information content (AvgIpc) is 2.94. The molecule has 0 radical (unpaired) electrons. The monoisotopic (exact) mass is 348 g/mol. The van der Waals surface area contributed by atoms with E-state index in [2.05, 4.69) is 16.0 Å². The molecule has 3 aromatic rings. The van der Waals surface area contributed by atoms with Crippen LogP contribution in [0.2, 0.25) is 0 Å². The van der Waals surface area contributed by atoms with E-state index in [1.807, 2.05) is 49.4 Å². The lowest BCUT2D eigenvalue weighted by molar-refractivity contribution is 0.100. The molecule has 4 heteroatoms. The zero-order chi connectivity index (χ0) is 18.7. The second kappa shape index (κ2) is 7.67. The van der Waals surface area contributed by atoms with Crippen LogP contribution in [0.5, 0.6) is 0 Å². The van der Waals surface area contributed by atoms with Crippen molar-refractivity contribution in [1.29, 1.82) is 0 Å². The molecule has 0 amide bonds. The van der Waals surface area contributed by atoms with Crippen molar-refractivity contribution in [2.45, 2.75) is 27.3 Å². The highest BCUT2D eigenvalue weighted by Crippen LogP contribution is 2.31. The third-order valence-corrected chi connectivity index (χ3v) is 4.69. The predicted molar refractivity (Wildman–Crippen MR) is 107 cm³/mol. The normalized spacial score (nSPS) is 11.7. The van der Waals surface area contributed by atoms with E-state index in [0.717, 1.165) is 41.4 Å². The average molecular weight is 348 g/mol. The lowest BCUT2D eigenvalue weighted by atomic mass is 10.0. The van der Waals surface area contributed by atoms with Gasteiger partial charge in [-0.25, -0.2) is 0 Å². The van der Waals surface area contributed by atoms with Crippen LogP contribution in [-0.4, -0.2) is 29.2 Å². The third-order valence-electron chi connectivity index (χ3n) is 4.69. The summed E-state index contributed by atoms with van der Waals surface area (Å²) in [5, 5.41) is 5.43. The third kappa shape index (κ3) is 3.46. The van der Waals surface area contributed by atoms with Crippen LogP contribution in [0.1, 0.15) is 41.5 Å². The number of fused-ring (bicyclic) bond motifs is 3. The van der Waals surface area contributed by atoms with Gasteiger partial charge in [0.15, 0.2) is 11.6 Å². The predicted octanol–water partition coefficient (Wildman–Crippen LogP) is 4.37. The lowest BCUT2D eigenvalue weighted by Crippen LogP contribution is -2.19. The Hall–Kier alpha value is -2.72. The molecule has 3 rings (SSSR count). The highest BCUT2D eigenvalue weighted by atomic mass is 16.1. The van der Waals surface area contributed by atoms with Gasteiger partial charge < -0.3 is 9.88 Å². The zero-order valence-electron chi connectivity index (χ0n) is 15.5. The van der Waals surface area contributed by atoms with Gasteiger partial charge in [-0.2, -0.15) is 0 Å². The number of rotatable bonds is 7. The summed E-state index contributed by atoms with van der Waals surface area (Å²) in [4.78, 5) is 23.6. The fourth-order valence-corrected chi connectivity index (χ4v) is 3.28. The van der Waals surface area contributed by atoms with Gasteiger partial charge in [-0.1, -0.05) is 12.2 Å². The van der Waals surface area contributed by atoms with E-state index in [0.29, 0.717) is 11.1 Å². The minimum absolute atomic E-state index is 0.0449. The van der Waals surface area contributed by atoms with E-state index < -0.39 is 0 Å². The second-order valence-electron chi connectivity index (χ2n) is 6.50. The molecule has 0 aliphatic heterocycles. The summed E-state index contributed by atoms with van der Waals surface area (Å²) in [5.74, 6) is 0.0899. The Morgan fingerprint density at radius 3 is 1.96 bits per heavy atom. The minimum atomic E-state index is 0.0449. The maximum Gasteiger partial charge on any atom is 0.159 e. The molecule has 26 heavy (non-hydrogen) atoms. The Morgan fingerprint density at radius 1 is 0.962 bits per heavy atom. The second-order valence-corrected chi connectivity index (χ2v) is 6.50. The minimum Gasteiger partial charge on any atom is -0.339 e. The number of aromatic nitrogens is 1. The van der Waals surface area contributed by atoms with Crippen molar-refractivity contribution >= 4 is 33.4 Å². The number of carbonyl (C=O) groups excluding carboxylic acids is 2. The first kappa shape index (κ1) is 18.1. The van der Waals surface area contributed by atoms with Crippen molar-refractivity contribution in [3.63, 3.8) is 0 Å². The Balaban J connectivity index is 2.11. The van der Waals surface area contributed by atoms with E-state index >= 15 is 0 Å². The fourth-order valence-electron chi connectivity index (χ4n) is 3.28. The van der Waals surface area contributed by atoms with E-state index in [9.17, 15) is 9.59 Å². The molecular weight excluding hydrogens is 324 g/mol. The summed E-state index contributed by atoms with van der Waals surface area (Å²) >= 11 is 0. The van der Waals surface area contributed by atoms with E-state index in [4.69, 9.17) is 0 Å². The molecule has 1 heterocycles. The number of nitrogens with zero attached hydrogens (tertiary/aromatic N) is 1. The van der Waals surface area contributed by atoms with Crippen LogP contribution in [-0.2, 0) is 6.54 Å². The van der Waals surface area contributed by atoms with Crippen molar-refractivity contribution in [3.8, 4) is 0 Å². The maximum absolute atomic E-state index is 11.8. The Bertz CT molecular complexity index is 941. The van der Waals surface area contributed by atoms with Crippen LogP contribution in [0.15, 0.2) is 48.6 Å². The molecule has 4 nitrogen and oxygen atoms in total. The number of hydrogen-bond acceptors (Lipinski definition) is 3. The van der Waals surface area contributed by atoms with Crippen LogP contribution in [0.3, 0.4) is 0 Å². The van der Waals surface area contributed by atoms with Gasteiger partial charge in [0.2, 0.25) is 0 Å². The first-order valence-corrected chi connectivity index (χ1v) is 8.92. The van der Waals surface area contributed by atoms with Gasteiger partial charge in [-0.05, 0) is 57.2 Å². The molecule has 0 bridgehead atoms. The van der Waals surface area contributed by atoms with E-state index in [1.54, 1.807) is 13.8 Å². The largest absolute Gasteiger partial charge is 0.339 e. The van der Waals surface area contributed by atoms with Gasteiger partial charge in [-0.15, -0.1) is 0 Å². The molecule has 0 aliphatic carbocycles. The van der Waals surface area contributed by atoms with Crippen LogP contribution in [0.4, 0.5) is 0 Å². The molecule has 0 fully saturated rings. The maximum atomic E-state index is 11.8. The molecule has 0 spiro atoms. The summed E-state index contributed by atoms with van der Waals surface area (Å²) in [5.41, 5.74) is 3.55. The molecule has 2 aromatic carbocycles. The molecule has 0 saturated heterocycles. The summed E-state index contributed by atoms with van der Waals surface area (Å²) in [6, 6.07) is 11.6. The molecule has 0 unspecified atom stereocenters. The highest BCUT2D eigenvalue weighted by Gasteiger charge is 2.13. The fraction of sp³-hybridized carbons (Fsp3) is 0.273. The van der Waals surface area contributed by atoms with Crippen LogP contribution >= 0.6 is 0 Å². The number of benzene rings is 2. The molecule has 1 N–H and O–H groups in total. The van der Waals surface area contributed by atoms with Gasteiger partial charge in [0, 0.05) is 52.6 Å². The standard InChI is InChI=1S/C22H24N2O2/c1-4-5-10-23-11-12-24-21-8-6-17(15(2)25)13-19(21)20-14-18(16(3)26)7-9-22(20)24/h4-9,13-14,23H,10-12H2,1-3H3. The summed E-state index contributed by atoms with van der Waals surface area (Å²) in [7, 11) is 0. The summed E-state index contributed by atoms with van der Waals surface area (Å²) < 4.78 is 2.25. The Morgan fingerprint density at radius 2 is 1.50 bits per heavy atom. The van der Waals surface area contributed by atoms with Gasteiger partial charge >= 0.3 is 0 Å². The van der Waals surface area contributed by atoms with Crippen molar-refractivity contribution in [2.24, 2.45) is 0 Å². The first-order valence-electron chi connectivity index (χ1n) is 8.92. The molecular formula is C22H24N2O2. The number of Topliss-reactive ketones (excluding diaryl/α,β-unsaturated/α-hetero) is 2. The topological polar surface area (TPSA) is 51.1 Å². The first-order chi connectivity index (χ1) is 12.5. The smallest absolute Gasteiger partial charge is 0.159 e. The van der Waals surface area contributed by atoms with E-state index in [1.165, 1.54) is 0 Å².